The summed E-state index contributed by atoms with van der Waals surface area (Å²) >= 11 is 16.6. The first-order valence-corrected chi connectivity index (χ1v) is 7.90. The maximum atomic E-state index is 12.1. The third-order valence-electron chi connectivity index (χ3n) is 2.61. The van der Waals surface area contributed by atoms with Crippen LogP contribution in [-0.2, 0) is 0 Å². The van der Waals surface area contributed by atoms with E-state index in [9.17, 15) is 4.79 Å². The lowest BCUT2D eigenvalue weighted by Gasteiger charge is -2.14. The second-order valence-electron chi connectivity index (χ2n) is 3.97. The van der Waals surface area contributed by atoms with Crippen LogP contribution in [-0.4, -0.2) is 5.91 Å². The molecule has 0 saturated heterocycles. The average Bonchev–Trinajstić information content (AvgIpc) is 2.79. The number of rotatable bonds is 3. The topological polar surface area (TPSA) is 29.1 Å². The minimum absolute atomic E-state index is 0.111. The first-order chi connectivity index (χ1) is 8.99. The molecule has 100 valence electrons. The number of benzene rings is 1. The highest BCUT2D eigenvalue weighted by Crippen LogP contribution is 2.27. The summed E-state index contributed by atoms with van der Waals surface area (Å²) in [7, 11) is 0. The zero-order valence-electron chi connectivity index (χ0n) is 9.91. The van der Waals surface area contributed by atoms with Crippen LogP contribution in [0.1, 0.15) is 28.2 Å². The second kappa shape index (κ2) is 6.27. The Balaban J connectivity index is 2.13. The van der Waals surface area contributed by atoms with E-state index in [-0.39, 0.29) is 11.9 Å². The van der Waals surface area contributed by atoms with Crippen LogP contribution < -0.4 is 5.32 Å². The molecule has 0 aliphatic heterocycles. The second-order valence-corrected chi connectivity index (χ2v) is 6.55. The van der Waals surface area contributed by atoms with Crippen LogP contribution in [0.5, 0.6) is 0 Å². The Hall–Kier alpha value is -0.550. The van der Waals surface area contributed by atoms with E-state index in [0.29, 0.717) is 14.9 Å². The fourth-order valence-corrected chi connectivity index (χ4v) is 3.34. The maximum absolute atomic E-state index is 12.1. The van der Waals surface area contributed by atoms with Crippen LogP contribution >= 0.6 is 50.5 Å². The Morgan fingerprint density at radius 3 is 2.63 bits per heavy atom. The van der Waals surface area contributed by atoms with Gasteiger partial charge in [-0.2, -0.15) is 0 Å². The Morgan fingerprint density at radius 2 is 2.05 bits per heavy atom. The average molecular weight is 379 g/mol. The summed E-state index contributed by atoms with van der Waals surface area (Å²) in [5.41, 5.74) is 0.912. The molecule has 1 atom stereocenters. The van der Waals surface area contributed by atoms with Gasteiger partial charge in [0.2, 0.25) is 0 Å². The van der Waals surface area contributed by atoms with Gasteiger partial charge in [0.05, 0.1) is 16.1 Å². The molecule has 1 unspecified atom stereocenters. The van der Waals surface area contributed by atoms with Crippen LogP contribution in [0, 0.1) is 0 Å². The number of halogens is 3. The molecule has 0 fully saturated rings. The molecule has 1 aromatic carbocycles. The van der Waals surface area contributed by atoms with Crippen molar-refractivity contribution in [3.8, 4) is 0 Å². The third-order valence-corrected chi connectivity index (χ3v) is 5.19. The summed E-state index contributed by atoms with van der Waals surface area (Å²) in [4.78, 5) is 12.7. The van der Waals surface area contributed by atoms with Crippen molar-refractivity contribution < 1.29 is 4.79 Å². The van der Waals surface area contributed by atoms with E-state index >= 15 is 0 Å². The molecule has 19 heavy (non-hydrogen) atoms. The SMILES string of the molecule is CC(NC(=O)c1sccc1Br)c1ccc(Cl)c(Cl)c1. The lowest BCUT2D eigenvalue weighted by molar-refractivity contribution is 0.0943. The van der Waals surface area contributed by atoms with Crippen LogP contribution in [0.25, 0.3) is 0 Å². The van der Waals surface area contributed by atoms with Crippen molar-refractivity contribution in [1.29, 1.82) is 0 Å². The lowest BCUT2D eigenvalue weighted by atomic mass is 10.1. The molecule has 1 amide bonds. The Morgan fingerprint density at radius 1 is 1.32 bits per heavy atom. The lowest BCUT2D eigenvalue weighted by Crippen LogP contribution is -2.26. The molecule has 0 aliphatic rings. The van der Waals surface area contributed by atoms with E-state index in [2.05, 4.69) is 21.2 Å². The quantitative estimate of drug-likeness (QED) is 0.770. The molecule has 6 heteroatoms. The molecule has 0 saturated carbocycles. The zero-order valence-corrected chi connectivity index (χ0v) is 13.8. The normalized spacial score (nSPS) is 12.2. The molecule has 2 nitrogen and oxygen atoms in total. The predicted octanol–water partition coefficient (Wildman–Crippen LogP) is 5.31. The summed E-state index contributed by atoms with van der Waals surface area (Å²) in [5.74, 6) is -0.111. The van der Waals surface area contributed by atoms with E-state index in [4.69, 9.17) is 23.2 Å². The standard InChI is InChI=1S/C13H10BrCl2NOS/c1-7(8-2-3-10(15)11(16)6-8)17-13(18)12-9(14)4-5-19-12/h2-7H,1H3,(H,17,18). The molecule has 1 aromatic heterocycles. The zero-order chi connectivity index (χ0) is 14.0. The van der Waals surface area contributed by atoms with E-state index in [1.807, 2.05) is 24.4 Å². The molecule has 2 rings (SSSR count). The molecule has 0 radical (unpaired) electrons. The largest absolute Gasteiger partial charge is 0.345 e. The third kappa shape index (κ3) is 3.51. The summed E-state index contributed by atoms with van der Waals surface area (Å²) < 4.78 is 0.802. The number of amides is 1. The van der Waals surface area contributed by atoms with Crippen molar-refractivity contribution >= 4 is 56.4 Å². The number of carbonyl (C=O) groups is 1. The minimum Gasteiger partial charge on any atom is -0.345 e. The van der Waals surface area contributed by atoms with Crippen molar-refractivity contribution in [2.24, 2.45) is 0 Å². The first kappa shape index (κ1) is 14.9. The van der Waals surface area contributed by atoms with Gasteiger partial charge in [0.15, 0.2) is 0 Å². The number of hydrogen-bond donors (Lipinski definition) is 1. The smallest absolute Gasteiger partial charge is 0.262 e. The van der Waals surface area contributed by atoms with Crippen molar-refractivity contribution in [2.45, 2.75) is 13.0 Å². The number of thiophene rings is 1. The first-order valence-electron chi connectivity index (χ1n) is 5.48. The van der Waals surface area contributed by atoms with E-state index in [1.165, 1.54) is 11.3 Å². The molecule has 1 N–H and O–H groups in total. The molecule has 0 aliphatic carbocycles. The maximum Gasteiger partial charge on any atom is 0.262 e. The highest BCUT2D eigenvalue weighted by Gasteiger charge is 2.15. The Labute approximate surface area is 133 Å². The van der Waals surface area contributed by atoms with Crippen LogP contribution in [0.15, 0.2) is 34.1 Å². The van der Waals surface area contributed by atoms with Crippen LogP contribution in [0.2, 0.25) is 10.0 Å². The van der Waals surface area contributed by atoms with Gasteiger partial charge in [0.1, 0.15) is 4.88 Å². The van der Waals surface area contributed by atoms with Gasteiger partial charge < -0.3 is 5.32 Å². The molecule has 0 bridgehead atoms. The highest BCUT2D eigenvalue weighted by molar-refractivity contribution is 9.10. The fraction of sp³-hybridized carbons (Fsp3) is 0.154. The van der Waals surface area contributed by atoms with Gasteiger partial charge in [-0.3, -0.25) is 4.79 Å². The van der Waals surface area contributed by atoms with E-state index in [1.54, 1.807) is 12.1 Å². The molecular formula is C13H10BrCl2NOS. The summed E-state index contributed by atoms with van der Waals surface area (Å²) in [6.07, 6.45) is 0. The summed E-state index contributed by atoms with van der Waals surface area (Å²) in [6, 6.07) is 7.05. The van der Waals surface area contributed by atoms with Gasteiger partial charge in [-0.25, -0.2) is 0 Å². The molecule has 0 spiro atoms. The van der Waals surface area contributed by atoms with Crippen molar-refractivity contribution in [3.63, 3.8) is 0 Å². The molecular weight excluding hydrogens is 369 g/mol. The fourth-order valence-electron chi connectivity index (χ4n) is 1.58. The summed E-state index contributed by atoms with van der Waals surface area (Å²) in [5, 5.41) is 5.78. The van der Waals surface area contributed by atoms with Crippen molar-refractivity contribution in [3.05, 3.63) is 54.6 Å². The monoisotopic (exact) mass is 377 g/mol. The summed E-state index contributed by atoms with van der Waals surface area (Å²) in [6.45, 7) is 1.90. The van der Waals surface area contributed by atoms with Gasteiger partial charge in [-0.1, -0.05) is 29.3 Å². The number of carbonyl (C=O) groups excluding carboxylic acids is 1. The van der Waals surface area contributed by atoms with Crippen molar-refractivity contribution in [1.82, 2.24) is 5.32 Å². The van der Waals surface area contributed by atoms with E-state index < -0.39 is 0 Å². The van der Waals surface area contributed by atoms with Gasteiger partial charge in [-0.05, 0) is 52.0 Å². The van der Waals surface area contributed by atoms with Gasteiger partial charge in [0.25, 0.3) is 5.91 Å². The number of hydrogen-bond acceptors (Lipinski definition) is 2. The predicted molar refractivity (Wildman–Crippen MR) is 84.4 cm³/mol. The highest BCUT2D eigenvalue weighted by atomic mass is 79.9. The van der Waals surface area contributed by atoms with Gasteiger partial charge >= 0.3 is 0 Å². The minimum atomic E-state index is -0.142. The molecule has 2 aromatic rings. The Bertz CT molecular complexity index is 614. The van der Waals surface area contributed by atoms with E-state index in [0.717, 1.165) is 10.0 Å². The molecule has 1 heterocycles. The Kier molecular flexibility index (Phi) is 4.90. The van der Waals surface area contributed by atoms with Gasteiger partial charge in [-0.15, -0.1) is 11.3 Å². The van der Waals surface area contributed by atoms with Crippen LogP contribution in [0.3, 0.4) is 0 Å². The number of nitrogens with one attached hydrogen (secondary N) is 1. The van der Waals surface area contributed by atoms with Gasteiger partial charge in [0, 0.05) is 4.47 Å². The van der Waals surface area contributed by atoms with Crippen molar-refractivity contribution in [2.75, 3.05) is 0 Å². The van der Waals surface area contributed by atoms with Crippen LogP contribution in [0.4, 0.5) is 0 Å².